The van der Waals surface area contributed by atoms with E-state index in [-0.39, 0.29) is 0 Å². The Labute approximate surface area is 160 Å². The summed E-state index contributed by atoms with van der Waals surface area (Å²) in [5.74, 6) is 0. The molecule has 4 heteroatoms. The molecule has 1 aliphatic carbocycles. The zero-order valence-corrected chi connectivity index (χ0v) is 15.6. The molecule has 5 rings (SSSR count). The van der Waals surface area contributed by atoms with E-state index in [4.69, 9.17) is 9.72 Å². The van der Waals surface area contributed by atoms with Gasteiger partial charge in [-0.25, -0.2) is 4.98 Å². The van der Waals surface area contributed by atoms with Gasteiger partial charge in [-0.05, 0) is 24.6 Å². The maximum Gasteiger partial charge on any atom is 0.0768 e. The highest BCUT2D eigenvalue weighted by atomic mass is 16.5. The standard InChI is InChI=1S/C23H25N3O/c1-2-7-18-17(6-1)16-20-22(19-8-3-4-9-21(19)25-23(18)20)24-10-5-11-26-12-14-27-15-13-26/h1-4,6-9H,5,10-16H2,(H,24,25). The quantitative estimate of drug-likeness (QED) is 0.548. The molecule has 1 saturated heterocycles. The number of anilines is 1. The first-order valence-electron chi connectivity index (χ1n) is 9.94. The molecule has 0 atom stereocenters. The third-order valence-corrected chi connectivity index (χ3v) is 5.69. The molecule has 2 aliphatic rings. The zero-order chi connectivity index (χ0) is 18.1. The van der Waals surface area contributed by atoms with Crippen LogP contribution in [0.15, 0.2) is 48.5 Å². The van der Waals surface area contributed by atoms with E-state index in [1.807, 2.05) is 0 Å². The van der Waals surface area contributed by atoms with Crippen LogP contribution >= 0.6 is 0 Å². The molecular formula is C23H25N3O. The number of fused-ring (bicyclic) bond motifs is 4. The van der Waals surface area contributed by atoms with E-state index in [1.165, 1.54) is 27.8 Å². The van der Waals surface area contributed by atoms with Gasteiger partial charge in [-0.3, -0.25) is 4.90 Å². The molecular weight excluding hydrogens is 334 g/mol. The molecule has 0 saturated carbocycles. The third-order valence-electron chi connectivity index (χ3n) is 5.69. The highest BCUT2D eigenvalue weighted by Gasteiger charge is 2.24. The number of pyridine rings is 1. The minimum absolute atomic E-state index is 0.869. The Morgan fingerprint density at radius 1 is 1.00 bits per heavy atom. The number of morpholine rings is 1. The summed E-state index contributed by atoms with van der Waals surface area (Å²) in [4.78, 5) is 7.49. The predicted octanol–water partition coefficient (Wildman–Crippen LogP) is 3.94. The fourth-order valence-electron chi connectivity index (χ4n) is 4.28. The number of rotatable bonds is 5. The van der Waals surface area contributed by atoms with E-state index in [9.17, 15) is 0 Å². The minimum Gasteiger partial charge on any atom is -0.384 e. The van der Waals surface area contributed by atoms with Crippen LogP contribution in [0.25, 0.3) is 22.2 Å². The minimum atomic E-state index is 0.869. The predicted molar refractivity (Wildman–Crippen MR) is 110 cm³/mol. The summed E-state index contributed by atoms with van der Waals surface area (Å²) in [6, 6.07) is 17.2. The van der Waals surface area contributed by atoms with Crippen molar-refractivity contribution in [1.29, 1.82) is 0 Å². The fourth-order valence-corrected chi connectivity index (χ4v) is 4.28. The fraction of sp³-hybridized carbons (Fsp3) is 0.348. The lowest BCUT2D eigenvalue weighted by molar-refractivity contribution is 0.0378. The Morgan fingerprint density at radius 3 is 2.74 bits per heavy atom. The lowest BCUT2D eigenvalue weighted by Crippen LogP contribution is -2.37. The van der Waals surface area contributed by atoms with Gasteiger partial charge in [-0.1, -0.05) is 42.5 Å². The van der Waals surface area contributed by atoms with Crippen LogP contribution in [0.3, 0.4) is 0 Å². The summed E-state index contributed by atoms with van der Waals surface area (Å²) in [6.45, 7) is 5.96. The van der Waals surface area contributed by atoms with Crippen LogP contribution in [0.4, 0.5) is 5.69 Å². The lowest BCUT2D eigenvalue weighted by Gasteiger charge is -2.26. The monoisotopic (exact) mass is 359 g/mol. The number of para-hydroxylation sites is 1. The van der Waals surface area contributed by atoms with Crippen molar-refractivity contribution in [3.8, 4) is 11.3 Å². The number of nitrogens with zero attached hydrogens (tertiary/aromatic N) is 2. The number of benzene rings is 2. The van der Waals surface area contributed by atoms with Gasteiger partial charge in [0.25, 0.3) is 0 Å². The zero-order valence-electron chi connectivity index (χ0n) is 15.6. The van der Waals surface area contributed by atoms with Crippen molar-refractivity contribution in [2.45, 2.75) is 12.8 Å². The molecule has 0 bridgehead atoms. The first kappa shape index (κ1) is 16.7. The van der Waals surface area contributed by atoms with Gasteiger partial charge < -0.3 is 10.1 Å². The highest BCUT2D eigenvalue weighted by molar-refractivity contribution is 5.98. The van der Waals surface area contributed by atoms with Crippen LogP contribution < -0.4 is 5.32 Å². The number of hydrogen-bond donors (Lipinski definition) is 1. The first-order chi connectivity index (χ1) is 13.4. The summed E-state index contributed by atoms with van der Waals surface area (Å²) in [7, 11) is 0. The molecule has 0 unspecified atom stereocenters. The number of nitrogens with one attached hydrogen (secondary N) is 1. The highest BCUT2D eigenvalue weighted by Crippen LogP contribution is 2.41. The van der Waals surface area contributed by atoms with Crippen LogP contribution in [0.5, 0.6) is 0 Å². The van der Waals surface area contributed by atoms with Crippen molar-refractivity contribution in [2.24, 2.45) is 0 Å². The second-order valence-corrected chi connectivity index (χ2v) is 7.40. The molecule has 1 aliphatic heterocycles. The van der Waals surface area contributed by atoms with Gasteiger partial charge in [-0.15, -0.1) is 0 Å². The van der Waals surface area contributed by atoms with Gasteiger partial charge in [0.15, 0.2) is 0 Å². The summed E-state index contributed by atoms with van der Waals surface area (Å²) >= 11 is 0. The summed E-state index contributed by atoms with van der Waals surface area (Å²) in [5, 5.41) is 5.00. The second kappa shape index (κ2) is 7.29. The lowest BCUT2D eigenvalue weighted by atomic mass is 10.1. The topological polar surface area (TPSA) is 37.4 Å². The van der Waals surface area contributed by atoms with Crippen LogP contribution in [-0.4, -0.2) is 49.3 Å². The van der Waals surface area contributed by atoms with Crippen molar-refractivity contribution in [2.75, 3.05) is 44.7 Å². The molecule has 0 amide bonds. The molecule has 2 heterocycles. The van der Waals surface area contributed by atoms with E-state index < -0.39 is 0 Å². The normalized spacial score (nSPS) is 16.3. The smallest absolute Gasteiger partial charge is 0.0768 e. The van der Waals surface area contributed by atoms with Gasteiger partial charge in [0, 0.05) is 48.3 Å². The molecule has 4 nitrogen and oxygen atoms in total. The van der Waals surface area contributed by atoms with Crippen molar-refractivity contribution in [1.82, 2.24) is 9.88 Å². The van der Waals surface area contributed by atoms with Crippen LogP contribution in [0.2, 0.25) is 0 Å². The second-order valence-electron chi connectivity index (χ2n) is 7.40. The van der Waals surface area contributed by atoms with Crippen LogP contribution in [-0.2, 0) is 11.2 Å². The molecule has 0 radical (unpaired) electrons. The molecule has 1 fully saturated rings. The van der Waals surface area contributed by atoms with E-state index in [2.05, 4.69) is 58.7 Å². The number of ether oxygens (including phenoxy) is 1. The van der Waals surface area contributed by atoms with Gasteiger partial charge in [0.05, 0.1) is 24.4 Å². The van der Waals surface area contributed by atoms with E-state index in [0.29, 0.717) is 0 Å². The molecule has 0 spiro atoms. The number of aromatic nitrogens is 1. The maximum absolute atomic E-state index is 5.44. The van der Waals surface area contributed by atoms with E-state index in [0.717, 1.165) is 63.4 Å². The van der Waals surface area contributed by atoms with Crippen molar-refractivity contribution in [3.63, 3.8) is 0 Å². The SMILES string of the molecule is c1ccc2c(c1)Cc1c-2nc2ccccc2c1NCCCN1CCOCC1. The van der Waals surface area contributed by atoms with Gasteiger partial charge in [-0.2, -0.15) is 0 Å². The van der Waals surface area contributed by atoms with Crippen molar-refractivity contribution >= 4 is 16.6 Å². The summed E-state index contributed by atoms with van der Waals surface area (Å²) < 4.78 is 5.44. The average Bonchev–Trinajstić information content (AvgIpc) is 3.09. The molecule has 1 aromatic heterocycles. The van der Waals surface area contributed by atoms with E-state index in [1.54, 1.807) is 0 Å². The van der Waals surface area contributed by atoms with Crippen molar-refractivity contribution in [3.05, 3.63) is 59.7 Å². The average molecular weight is 359 g/mol. The summed E-state index contributed by atoms with van der Waals surface area (Å²) in [6.07, 6.45) is 2.10. The Hall–Kier alpha value is -2.43. The number of hydrogen-bond acceptors (Lipinski definition) is 4. The maximum atomic E-state index is 5.44. The van der Waals surface area contributed by atoms with Gasteiger partial charge in [0.2, 0.25) is 0 Å². The van der Waals surface area contributed by atoms with Crippen molar-refractivity contribution < 1.29 is 4.74 Å². The first-order valence-corrected chi connectivity index (χ1v) is 9.94. The molecule has 1 N–H and O–H groups in total. The molecule has 2 aromatic carbocycles. The Kier molecular flexibility index (Phi) is 4.52. The Morgan fingerprint density at radius 2 is 1.81 bits per heavy atom. The third kappa shape index (κ3) is 3.20. The van der Waals surface area contributed by atoms with E-state index >= 15 is 0 Å². The molecule has 138 valence electrons. The molecule has 27 heavy (non-hydrogen) atoms. The largest absolute Gasteiger partial charge is 0.384 e. The summed E-state index contributed by atoms with van der Waals surface area (Å²) in [5.41, 5.74) is 7.51. The van der Waals surface area contributed by atoms with Gasteiger partial charge in [0.1, 0.15) is 0 Å². The molecule has 3 aromatic rings. The van der Waals surface area contributed by atoms with Gasteiger partial charge >= 0.3 is 0 Å². The Bertz CT molecular complexity index is 963. The van der Waals surface area contributed by atoms with Crippen LogP contribution in [0, 0.1) is 0 Å². The Balaban J connectivity index is 1.41. The van der Waals surface area contributed by atoms with Crippen LogP contribution in [0.1, 0.15) is 17.5 Å².